The second-order valence-electron chi connectivity index (χ2n) is 5.80. The normalized spacial score (nSPS) is 11.1. The molecule has 1 rings (SSSR count). The summed E-state index contributed by atoms with van der Waals surface area (Å²) in [5.74, 6) is -0.833. The van der Waals surface area contributed by atoms with Crippen molar-refractivity contribution in [3.8, 4) is 0 Å². The molecule has 27 heavy (non-hydrogen) atoms. The number of unbranched alkanes of at least 4 members (excludes halogenated alkanes) is 1. The molecule has 0 aliphatic carbocycles. The number of carbonyl (C=O) groups is 1. The summed E-state index contributed by atoms with van der Waals surface area (Å²) in [6.45, 7) is 11.1. The summed E-state index contributed by atoms with van der Waals surface area (Å²) in [7, 11) is 1.72. The number of ether oxygens (including phenoxy) is 1. The summed E-state index contributed by atoms with van der Waals surface area (Å²) < 4.78 is 5.14. The molecule has 0 aliphatic heterocycles. The summed E-state index contributed by atoms with van der Waals surface area (Å²) >= 11 is 0. The van der Waals surface area contributed by atoms with Gasteiger partial charge in [0.1, 0.15) is 6.10 Å². The van der Waals surface area contributed by atoms with E-state index in [1.54, 1.807) is 14.0 Å². The van der Waals surface area contributed by atoms with Crippen LogP contribution in [0.4, 0.5) is 0 Å². The Kier molecular flexibility index (Phi) is 24.0. The highest BCUT2D eigenvalue weighted by Gasteiger charge is 2.04. The van der Waals surface area contributed by atoms with Gasteiger partial charge in [-0.05, 0) is 25.8 Å². The third-order valence-electron chi connectivity index (χ3n) is 2.85. The van der Waals surface area contributed by atoms with Crippen LogP contribution in [0.25, 0.3) is 0 Å². The van der Waals surface area contributed by atoms with Crippen molar-refractivity contribution in [1.29, 1.82) is 0 Å². The lowest BCUT2D eigenvalue weighted by atomic mass is 10.1. The van der Waals surface area contributed by atoms with Gasteiger partial charge in [0.25, 0.3) is 11.1 Å². The first-order valence-corrected chi connectivity index (χ1v) is 9.24. The molecule has 7 nitrogen and oxygen atoms in total. The molecule has 0 saturated carbocycles. The molecule has 0 spiro atoms. The van der Waals surface area contributed by atoms with E-state index in [0.29, 0.717) is 0 Å². The first-order valence-electron chi connectivity index (χ1n) is 9.24. The highest BCUT2D eigenvalue weighted by Crippen LogP contribution is 2.13. The summed E-state index contributed by atoms with van der Waals surface area (Å²) in [6.07, 6.45) is 3.99. The molecule has 0 saturated heterocycles. The van der Waals surface area contributed by atoms with Gasteiger partial charge in [-0.2, -0.15) is 0 Å². The molecule has 0 fully saturated rings. The van der Waals surface area contributed by atoms with E-state index < -0.39 is 11.1 Å². The van der Waals surface area contributed by atoms with Crippen LogP contribution in [0.1, 0.15) is 78.9 Å². The summed E-state index contributed by atoms with van der Waals surface area (Å²) in [4.78, 5) is 23.0. The molecular weight excluding hydrogens is 350 g/mol. The van der Waals surface area contributed by atoms with E-state index in [9.17, 15) is 10.1 Å². The minimum absolute atomic E-state index is 0.209. The van der Waals surface area contributed by atoms with Crippen LogP contribution in [-0.4, -0.2) is 29.4 Å². The van der Waals surface area contributed by atoms with Crippen molar-refractivity contribution in [2.75, 3.05) is 7.11 Å². The minimum Gasteiger partial charge on any atom is -0.481 e. The first-order chi connectivity index (χ1) is 12.7. The summed E-state index contributed by atoms with van der Waals surface area (Å²) in [6, 6.07) is 10.2. The lowest BCUT2D eigenvalue weighted by molar-refractivity contribution is -0.767. The number of nitrogens with zero attached hydrogens (tertiary/aromatic N) is 1. The van der Waals surface area contributed by atoms with Crippen molar-refractivity contribution >= 4 is 5.97 Å². The average molecular weight is 388 g/mol. The number of rotatable bonds is 7. The van der Waals surface area contributed by atoms with Crippen molar-refractivity contribution in [1.82, 2.24) is 0 Å². The molecule has 0 radical (unpaired) electrons. The zero-order chi connectivity index (χ0) is 21.7. The number of carboxylic acids is 1. The zero-order valence-corrected chi connectivity index (χ0v) is 17.8. The van der Waals surface area contributed by atoms with E-state index in [-0.39, 0.29) is 12.2 Å². The second kappa shape index (κ2) is 21.9. The van der Waals surface area contributed by atoms with Gasteiger partial charge in [0.2, 0.25) is 0 Å². The molecule has 1 aromatic rings. The van der Waals surface area contributed by atoms with E-state index >= 15 is 0 Å². The predicted octanol–water partition coefficient (Wildman–Crippen LogP) is 5.67. The molecule has 158 valence electrons. The molecule has 0 amide bonds. The topological polar surface area (TPSA) is 98.9 Å². The van der Waals surface area contributed by atoms with Crippen LogP contribution in [0.2, 0.25) is 0 Å². The summed E-state index contributed by atoms with van der Waals surface area (Å²) in [5.41, 5.74) is 1.23. The number of benzene rings is 1. The van der Waals surface area contributed by atoms with Crippen LogP contribution in [0, 0.1) is 10.1 Å². The monoisotopic (exact) mass is 387 g/mol. The number of hydrogen-bond acceptors (Lipinski definition) is 5. The predicted molar refractivity (Wildman–Crippen MR) is 108 cm³/mol. The Bertz CT molecular complexity index is 449. The van der Waals surface area contributed by atoms with E-state index in [1.807, 2.05) is 32.0 Å². The Balaban J connectivity index is -0.000000320. The van der Waals surface area contributed by atoms with E-state index in [4.69, 9.17) is 14.6 Å². The maximum Gasteiger partial charge on any atom is 0.300 e. The third kappa shape index (κ3) is 28.9. The Morgan fingerprint density at radius 1 is 1.19 bits per heavy atom. The zero-order valence-electron chi connectivity index (χ0n) is 17.8. The summed E-state index contributed by atoms with van der Waals surface area (Å²) in [5, 5.41) is 16.4. The van der Waals surface area contributed by atoms with Crippen LogP contribution >= 0.6 is 0 Å². The first kappa shape index (κ1) is 29.6. The molecule has 0 aromatic heterocycles. The lowest BCUT2D eigenvalue weighted by Crippen LogP contribution is -2.12. The van der Waals surface area contributed by atoms with Gasteiger partial charge in [-0.25, -0.2) is 0 Å². The molecule has 2 atom stereocenters. The highest BCUT2D eigenvalue weighted by molar-refractivity contribution is 5.62. The SMILES string of the molecule is CC(=O)O.CCC.CCCCC(C)O[N+](=O)[O-].COC(C)c1ccccc1. The molecule has 0 heterocycles. The van der Waals surface area contributed by atoms with Crippen LogP contribution in [-0.2, 0) is 14.4 Å². The van der Waals surface area contributed by atoms with Crippen molar-refractivity contribution in [2.45, 2.75) is 79.4 Å². The largest absolute Gasteiger partial charge is 0.481 e. The Labute approximate surface area is 163 Å². The number of hydrogen-bond donors (Lipinski definition) is 1. The van der Waals surface area contributed by atoms with Gasteiger partial charge in [-0.15, -0.1) is 10.1 Å². The van der Waals surface area contributed by atoms with Crippen molar-refractivity contribution < 1.29 is 24.6 Å². The number of carboxylic acid groups (broad SMARTS) is 1. The van der Waals surface area contributed by atoms with Gasteiger partial charge in [0.05, 0.1) is 6.10 Å². The van der Waals surface area contributed by atoms with Gasteiger partial charge < -0.3 is 14.7 Å². The maximum absolute atomic E-state index is 9.76. The maximum atomic E-state index is 9.76. The number of aliphatic carboxylic acids is 1. The molecule has 0 aliphatic rings. The second-order valence-corrected chi connectivity index (χ2v) is 5.80. The fourth-order valence-electron chi connectivity index (χ4n) is 1.55. The standard InChI is InChI=1S/C9H12O.C6H13NO3.C3H8.C2H4O2/c1-8(10-2)9-6-4-3-5-7-9;1-3-4-5-6(2)10-7(8)9;1-3-2;1-2(3)4/h3-8H,1-2H3;6H,3-5H2,1-2H3;3H2,1-2H3;1H3,(H,3,4). The molecular formula is C20H37NO6. The molecule has 7 heteroatoms. The van der Waals surface area contributed by atoms with Crippen molar-refractivity contribution in [3.05, 3.63) is 46.0 Å². The number of methoxy groups -OCH3 is 1. The van der Waals surface area contributed by atoms with Crippen LogP contribution < -0.4 is 0 Å². The third-order valence-corrected chi connectivity index (χ3v) is 2.85. The average Bonchev–Trinajstić information content (AvgIpc) is 2.60. The quantitative estimate of drug-likeness (QED) is 0.477. The van der Waals surface area contributed by atoms with Gasteiger partial charge in [-0.3, -0.25) is 4.79 Å². The van der Waals surface area contributed by atoms with E-state index in [2.05, 4.69) is 30.8 Å². The van der Waals surface area contributed by atoms with Crippen LogP contribution in [0.15, 0.2) is 30.3 Å². The molecule has 1 aromatic carbocycles. The van der Waals surface area contributed by atoms with E-state index in [1.165, 1.54) is 12.0 Å². The fraction of sp³-hybridized carbons (Fsp3) is 0.650. The van der Waals surface area contributed by atoms with Gasteiger partial charge in [0, 0.05) is 14.0 Å². The minimum atomic E-state index is -0.833. The Morgan fingerprint density at radius 2 is 1.63 bits per heavy atom. The van der Waals surface area contributed by atoms with Crippen LogP contribution in [0.5, 0.6) is 0 Å². The Hall–Kier alpha value is -2.15. The highest BCUT2D eigenvalue weighted by atomic mass is 17.0. The van der Waals surface area contributed by atoms with Crippen molar-refractivity contribution in [3.63, 3.8) is 0 Å². The van der Waals surface area contributed by atoms with E-state index in [0.717, 1.165) is 26.2 Å². The molecule has 1 N–H and O–H groups in total. The van der Waals surface area contributed by atoms with Gasteiger partial charge in [-0.1, -0.05) is 70.4 Å². The molecule has 2 unspecified atom stereocenters. The van der Waals surface area contributed by atoms with Crippen molar-refractivity contribution in [2.24, 2.45) is 0 Å². The smallest absolute Gasteiger partial charge is 0.300 e. The molecule has 0 bridgehead atoms. The fourth-order valence-corrected chi connectivity index (χ4v) is 1.55. The lowest BCUT2D eigenvalue weighted by Gasteiger charge is -2.07. The van der Waals surface area contributed by atoms with Gasteiger partial charge >= 0.3 is 0 Å². The van der Waals surface area contributed by atoms with Gasteiger partial charge in [0.15, 0.2) is 0 Å². The Morgan fingerprint density at radius 3 is 1.96 bits per heavy atom. The van der Waals surface area contributed by atoms with Crippen LogP contribution in [0.3, 0.4) is 0 Å².